The van der Waals surface area contributed by atoms with Crippen molar-refractivity contribution in [3.05, 3.63) is 0 Å². The average molecular weight is 302 g/mol. The van der Waals surface area contributed by atoms with Crippen LogP contribution in [0.4, 0.5) is 0 Å². The predicted octanol–water partition coefficient (Wildman–Crippen LogP) is 3.59. The van der Waals surface area contributed by atoms with Gasteiger partial charge in [-0.15, -0.1) is 0 Å². The van der Waals surface area contributed by atoms with Gasteiger partial charge in [0.15, 0.2) is 0 Å². The summed E-state index contributed by atoms with van der Waals surface area (Å²) >= 11 is 3.52. The van der Waals surface area contributed by atoms with Gasteiger partial charge in [0.1, 0.15) is 0 Å². The Morgan fingerprint density at radius 3 is 2.59 bits per heavy atom. The normalized spacial score (nSPS) is 27.1. The Bertz CT molecular complexity index is 249. The lowest BCUT2D eigenvalue weighted by Gasteiger charge is -2.35. The molecular formula is C14H24BrNO. The van der Waals surface area contributed by atoms with Gasteiger partial charge in [0.25, 0.3) is 0 Å². The number of likely N-dealkylation sites (tertiary alicyclic amines) is 1. The third-order valence-corrected chi connectivity index (χ3v) is 4.76. The van der Waals surface area contributed by atoms with Crippen molar-refractivity contribution >= 4 is 21.8 Å². The van der Waals surface area contributed by atoms with Gasteiger partial charge in [0.2, 0.25) is 5.91 Å². The van der Waals surface area contributed by atoms with Crippen molar-refractivity contribution in [1.29, 1.82) is 0 Å². The SMILES string of the molecule is O=C(C1CCCCC1)N1CCCC(CCBr)C1. The van der Waals surface area contributed by atoms with Gasteiger partial charge in [0.05, 0.1) is 0 Å². The van der Waals surface area contributed by atoms with E-state index in [-0.39, 0.29) is 0 Å². The maximum Gasteiger partial charge on any atom is 0.225 e. The molecule has 1 aliphatic carbocycles. The van der Waals surface area contributed by atoms with Crippen molar-refractivity contribution in [2.45, 2.75) is 51.4 Å². The highest BCUT2D eigenvalue weighted by Gasteiger charge is 2.29. The van der Waals surface area contributed by atoms with Gasteiger partial charge in [0, 0.05) is 24.3 Å². The number of piperidine rings is 1. The Morgan fingerprint density at radius 2 is 1.88 bits per heavy atom. The Hall–Kier alpha value is -0.0500. The third-order valence-electron chi connectivity index (χ3n) is 4.30. The largest absolute Gasteiger partial charge is 0.342 e. The number of rotatable bonds is 3. The molecular weight excluding hydrogens is 278 g/mol. The molecule has 3 heteroatoms. The minimum atomic E-state index is 0.353. The minimum absolute atomic E-state index is 0.353. The maximum atomic E-state index is 12.4. The van der Waals surface area contributed by atoms with E-state index in [1.54, 1.807) is 0 Å². The first-order valence-corrected chi connectivity index (χ1v) is 8.28. The van der Waals surface area contributed by atoms with E-state index in [9.17, 15) is 4.79 Å². The number of carbonyl (C=O) groups is 1. The van der Waals surface area contributed by atoms with E-state index in [1.807, 2.05) is 0 Å². The average Bonchev–Trinajstić information content (AvgIpc) is 2.40. The molecule has 0 aromatic rings. The maximum absolute atomic E-state index is 12.4. The lowest BCUT2D eigenvalue weighted by molar-refractivity contribution is -0.138. The number of hydrogen-bond donors (Lipinski definition) is 0. The summed E-state index contributed by atoms with van der Waals surface area (Å²) in [4.78, 5) is 14.6. The smallest absolute Gasteiger partial charge is 0.225 e. The molecule has 1 heterocycles. The van der Waals surface area contributed by atoms with Crippen molar-refractivity contribution in [2.24, 2.45) is 11.8 Å². The second-order valence-corrected chi connectivity index (χ2v) is 6.40. The quantitative estimate of drug-likeness (QED) is 0.730. The first-order valence-electron chi connectivity index (χ1n) is 7.16. The molecule has 98 valence electrons. The Morgan fingerprint density at radius 1 is 1.12 bits per heavy atom. The number of carbonyl (C=O) groups excluding carboxylic acids is 1. The van der Waals surface area contributed by atoms with Crippen LogP contribution in [0.3, 0.4) is 0 Å². The standard InChI is InChI=1S/C14H24BrNO/c15-9-8-12-5-4-10-16(11-12)14(17)13-6-2-1-3-7-13/h12-13H,1-11H2. The molecule has 1 atom stereocenters. The fourth-order valence-electron chi connectivity index (χ4n) is 3.26. The Balaban J connectivity index is 1.85. The van der Waals surface area contributed by atoms with Gasteiger partial charge in [-0.3, -0.25) is 4.79 Å². The summed E-state index contributed by atoms with van der Waals surface area (Å²) in [5, 5.41) is 1.07. The zero-order valence-corrected chi connectivity index (χ0v) is 12.3. The molecule has 2 nitrogen and oxygen atoms in total. The van der Waals surface area contributed by atoms with Crippen LogP contribution in [0.5, 0.6) is 0 Å². The summed E-state index contributed by atoms with van der Waals surface area (Å²) in [5.41, 5.74) is 0. The molecule has 0 spiro atoms. The number of hydrogen-bond acceptors (Lipinski definition) is 1. The van der Waals surface area contributed by atoms with Gasteiger partial charge >= 0.3 is 0 Å². The van der Waals surface area contributed by atoms with Crippen LogP contribution in [0, 0.1) is 11.8 Å². The predicted molar refractivity (Wildman–Crippen MR) is 74.3 cm³/mol. The Kier molecular flexibility index (Phi) is 5.33. The highest BCUT2D eigenvalue weighted by molar-refractivity contribution is 9.09. The topological polar surface area (TPSA) is 20.3 Å². The molecule has 2 aliphatic rings. The number of alkyl halides is 1. The van der Waals surface area contributed by atoms with Crippen LogP contribution in [0.1, 0.15) is 51.4 Å². The van der Waals surface area contributed by atoms with Crippen LogP contribution >= 0.6 is 15.9 Å². The summed E-state index contributed by atoms with van der Waals surface area (Å²) in [6, 6.07) is 0. The van der Waals surface area contributed by atoms with Crippen molar-refractivity contribution in [1.82, 2.24) is 4.90 Å². The molecule has 1 saturated carbocycles. The molecule has 1 amide bonds. The number of halogens is 1. The third kappa shape index (κ3) is 3.70. The number of nitrogens with zero attached hydrogens (tertiary/aromatic N) is 1. The van der Waals surface area contributed by atoms with Gasteiger partial charge in [-0.2, -0.15) is 0 Å². The fourth-order valence-corrected chi connectivity index (χ4v) is 3.91. The van der Waals surface area contributed by atoms with Gasteiger partial charge in [-0.05, 0) is 38.0 Å². The molecule has 0 radical (unpaired) electrons. The van der Waals surface area contributed by atoms with Gasteiger partial charge in [-0.1, -0.05) is 35.2 Å². The zero-order chi connectivity index (χ0) is 12.1. The molecule has 2 fully saturated rings. The zero-order valence-electron chi connectivity index (χ0n) is 10.7. The highest BCUT2D eigenvalue weighted by Crippen LogP contribution is 2.28. The Labute approximate surface area is 113 Å². The molecule has 17 heavy (non-hydrogen) atoms. The monoisotopic (exact) mass is 301 g/mol. The van der Waals surface area contributed by atoms with Crippen LogP contribution in [0.25, 0.3) is 0 Å². The molecule has 1 aliphatic heterocycles. The fraction of sp³-hybridized carbons (Fsp3) is 0.929. The van der Waals surface area contributed by atoms with E-state index in [0.29, 0.717) is 11.8 Å². The van der Waals surface area contributed by atoms with E-state index >= 15 is 0 Å². The minimum Gasteiger partial charge on any atom is -0.342 e. The van der Waals surface area contributed by atoms with Crippen molar-refractivity contribution in [2.75, 3.05) is 18.4 Å². The van der Waals surface area contributed by atoms with Crippen LogP contribution in [-0.2, 0) is 4.79 Å². The molecule has 1 saturated heterocycles. The van der Waals surface area contributed by atoms with Crippen LogP contribution in [0.15, 0.2) is 0 Å². The second kappa shape index (κ2) is 6.77. The summed E-state index contributed by atoms with van der Waals surface area (Å²) in [6.45, 7) is 2.02. The van der Waals surface area contributed by atoms with E-state index in [2.05, 4.69) is 20.8 Å². The highest BCUT2D eigenvalue weighted by atomic mass is 79.9. The van der Waals surface area contributed by atoms with Gasteiger partial charge in [-0.25, -0.2) is 0 Å². The molecule has 0 aromatic heterocycles. The van der Waals surface area contributed by atoms with E-state index in [4.69, 9.17) is 0 Å². The van der Waals surface area contributed by atoms with Crippen molar-refractivity contribution in [3.8, 4) is 0 Å². The molecule has 2 rings (SSSR count). The number of amides is 1. The lowest BCUT2D eigenvalue weighted by Crippen LogP contribution is -2.43. The molecule has 0 N–H and O–H groups in total. The first-order chi connectivity index (χ1) is 8.31. The van der Waals surface area contributed by atoms with Crippen LogP contribution < -0.4 is 0 Å². The summed E-state index contributed by atoms with van der Waals surface area (Å²) in [5.74, 6) is 1.55. The molecule has 1 unspecified atom stereocenters. The summed E-state index contributed by atoms with van der Waals surface area (Å²) < 4.78 is 0. The lowest BCUT2D eigenvalue weighted by atomic mass is 9.87. The van der Waals surface area contributed by atoms with Crippen molar-refractivity contribution < 1.29 is 4.79 Å². The van der Waals surface area contributed by atoms with Crippen LogP contribution in [-0.4, -0.2) is 29.2 Å². The van der Waals surface area contributed by atoms with Gasteiger partial charge < -0.3 is 4.90 Å². The first kappa shape index (κ1) is 13.4. The second-order valence-electron chi connectivity index (χ2n) is 5.61. The van der Waals surface area contributed by atoms with Crippen molar-refractivity contribution in [3.63, 3.8) is 0 Å². The van der Waals surface area contributed by atoms with E-state index < -0.39 is 0 Å². The molecule has 0 bridgehead atoms. The summed E-state index contributed by atoms with van der Waals surface area (Å²) in [6.07, 6.45) is 9.85. The van der Waals surface area contributed by atoms with E-state index in [1.165, 1.54) is 38.5 Å². The summed E-state index contributed by atoms with van der Waals surface area (Å²) in [7, 11) is 0. The van der Waals surface area contributed by atoms with E-state index in [0.717, 1.165) is 37.2 Å². The van der Waals surface area contributed by atoms with Crippen LogP contribution in [0.2, 0.25) is 0 Å². The molecule has 0 aromatic carbocycles.